The van der Waals surface area contributed by atoms with Crippen LogP contribution in [0.25, 0.3) is 11.4 Å². The molecule has 0 amide bonds. The van der Waals surface area contributed by atoms with Gasteiger partial charge in [0.2, 0.25) is 11.7 Å². The van der Waals surface area contributed by atoms with E-state index in [1.807, 2.05) is 7.05 Å². The molecule has 1 N–H and O–H groups in total. The number of non-ortho nitro benzene ring substituents is 1. The summed E-state index contributed by atoms with van der Waals surface area (Å²) in [6.45, 7) is 2.61. The topological polar surface area (TPSA) is 97.3 Å². The van der Waals surface area contributed by atoms with E-state index < -0.39 is 4.92 Å². The molecule has 1 aromatic heterocycles. The van der Waals surface area contributed by atoms with Gasteiger partial charge in [-0.25, -0.2) is 0 Å². The molecule has 0 saturated carbocycles. The van der Waals surface area contributed by atoms with Crippen molar-refractivity contribution >= 4 is 5.69 Å². The smallest absolute Gasteiger partial charge is 0.269 e. The highest BCUT2D eigenvalue weighted by molar-refractivity contribution is 5.56. The number of nitro benzene ring substituents is 1. The van der Waals surface area contributed by atoms with Gasteiger partial charge in [-0.1, -0.05) is 5.16 Å². The van der Waals surface area contributed by atoms with Crippen LogP contribution in [-0.2, 0) is 6.54 Å². The van der Waals surface area contributed by atoms with Crippen molar-refractivity contribution in [2.75, 3.05) is 20.1 Å². The van der Waals surface area contributed by atoms with Gasteiger partial charge in [0, 0.05) is 30.3 Å². The monoisotopic (exact) mass is 317 g/mol. The largest absolute Gasteiger partial charge is 0.338 e. The Morgan fingerprint density at radius 1 is 1.43 bits per heavy atom. The summed E-state index contributed by atoms with van der Waals surface area (Å²) < 4.78 is 5.31. The summed E-state index contributed by atoms with van der Waals surface area (Å²) in [6.07, 6.45) is 2.33. The molecule has 3 rings (SSSR count). The van der Waals surface area contributed by atoms with E-state index in [1.54, 1.807) is 12.1 Å². The van der Waals surface area contributed by atoms with Gasteiger partial charge in [0.05, 0.1) is 11.5 Å². The fourth-order valence-corrected chi connectivity index (χ4v) is 2.79. The van der Waals surface area contributed by atoms with Crippen molar-refractivity contribution in [2.24, 2.45) is 0 Å². The molecule has 2 heterocycles. The van der Waals surface area contributed by atoms with Gasteiger partial charge in [0.1, 0.15) is 0 Å². The maximum Gasteiger partial charge on any atom is 0.269 e. The van der Waals surface area contributed by atoms with Crippen LogP contribution in [0.1, 0.15) is 18.7 Å². The van der Waals surface area contributed by atoms with Gasteiger partial charge in [0.25, 0.3) is 5.69 Å². The SMILES string of the molecule is CNC1CCCN(Cc2nc(-c3ccc([N+](=O)[O-])cc3)no2)C1. The maximum absolute atomic E-state index is 10.7. The second kappa shape index (κ2) is 6.84. The Balaban J connectivity index is 1.66. The fraction of sp³-hybridized carbons (Fsp3) is 0.467. The van der Waals surface area contributed by atoms with Crippen molar-refractivity contribution in [1.82, 2.24) is 20.4 Å². The normalized spacial score (nSPS) is 18.9. The minimum absolute atomic E-state index is 0.0453. The van der Waals surface area contributed by atoms with Gasteiger partial charge in [0.15, 0.2) is 0 Å². The molecule has 1 saturated heterocycles. The first-order valence-corrected chi connectivity index (χ1v) is 7.63. The third kappa shape index (κ3) is 3.72. The number of nitrogens with one attached hydrogen (secondary N) is 1. The van der Waals surface area contributed by atoms with Gasteiger partial charge < -0.3 is 9.84 Å². The maximum atomic E-state index is 10.7. The molecule has 2 aromatic rings. The van der Waals surface area contributed by atoms with Crippen LogP contribution >= 0.6 is 0 Å². The van der Waals surface area contributed by atoms with Gasteiger partial charge in [-0.15, -0.1) is 0 Å². The minimum atomic E-state index is -0.431. The number of aromatic nitrogens is 2. The van der Waals surface area contributed by atoms with Crippen LogP contribution in [0.4, 0.5) is 5.69 Å². The highest BCUT2D eigenvalue weighted by atomic mass is 16.6. The number of hydrogen-bond donors (Lipinski definition) is 1. The third-order valence-electron chi connectivity index (χ3n) is 4.08. The van der Waals surface area contributed by atoms with Crippen LogP contribution in [0, 0.1) is 10.1 Å². The molecule has 0 aliphatic carbocycles. The molecule has 23 heavy (non-hydrogen) atoms. The second-order valence-electron chi connectivity index (χ2n) is 5.68. The number of benzene rings is 1. The molecule has 0 radical (unpaired) electrons. The molecule has 0 bridgehead atoms. The molecule has 1 unspecified atom stereocenters. The highest BCUT2D eigenvalue weighted by Crippen LogP contribution is 2.20. The highest BCUT2D eigenvalue weighted by Gasteiger charge is 2.20. The molecule has 8 nitrogen and oxygen atoms in total. The van der Waals surface area contributed by atoms with Crippen LogP contribution < -0.4 is 5.32 Å². The molecular weight excluding hydrogens is 298 g/mol. The molecule has 0 spiro atoms. The average molecular weight is 317 g/mol. The summed E-state index contributed by atoms with van der Waals surface area (Å²) in [4.78, 5) is 16.9. The lowest BCUT2D eigenvalue weighted by Gasteiger charge is -2.31. The molecule has 1 aromatic carbocycles. The summed E-state index contributed by atoms with van der Waals surface area (Å²) in [7, 11) is 1.98. The van der Waals surface area contributed by atoms with Crippen molar-refractivity contribution in [3.05, 3.63) is 40.3 Å². The summed E-state index contributed by atoms with van der Waals surface area (Å²) >= 11 is 0. The number of likely N-dealkylation sites (N-methyl/N-ethyl adjacent to an activating group) is 1. The minimum Gasteiger partial charge on any atom is -0.338 e. The van der Waals surface area contributed by atoms with Crippen LogP contribution in [0.3, 0.4) is 0 Å². The van der Waals surface area contributed by atoms with Gasteiger partial charge in [-0.2, -0.15) is 4.98 Å². The molecular formula is C15H19N5O3. The first kappa shape index (κ1) is 15.6. The van der Waals surface area contributed by atoms with E-state index in [4.69, 9.17) is 4.52 Å². The Morgan fingerprint density at radius 3 is 2.91 bits per heavy atom. The Bertz CT molecular complexity index is 670. The summed E-state index contributed by atoms with van der Waals surface area (Å²) in [6, 6.07) is 6.64. The molecule has 1 fully saturated rings. The van der Waals surface area contributed by atoms with Crippen LogP contribution in [0.15, 0.2) is 28.8 Å². The Morgan fingerprint density at radius 2 is 2.22 bits per heavy atom. The number of rotatable bonds is 5. The Kier molecular flexibility index (Phi) is 4.63. The zero-order valence-electron chi connectivity index (χ0n) is 12.9. The average Bonchev–Trinajstić information content (AvgIpc) is 3.03. The molecule has 1 aliphatic heterocycles. The van der Waals surface area contributed by atoms with Crippen LogP contribution in [0.2, 0.25) is 0 Å². The summed E-state index contributed by atoms with van der Waals surface area (Å²) in [5, 5.41) is 17.9. The lowest BCUT2D eigenvalue weighted by molar-refractivity contribution is -0.384. The molecule has 122 valence electrons. The molecule has 8 heteroatoms. The van der Waals surface area contributed by atoms with E-state index in [-0.39, 0.29) is 5.69 Å². The lowest BCUT2D eigenvalue weighted by atomic mass is 10.1. The number of nitrogens with zero attached hydrogens (tertiary/aromatic N) is 4. The first-order chi connectivity index (χ1) is 11.2. The predicted octanol–water partition coefficient (Wildman–Crippen LogP) is 1.83. The van der Waals surface area contributed by atoms with Gasteiger partial charge in [-0.3, -0.25) is 15.0 Å². The second-order valence-corrected chi connectivity index (χ2v) is 5.68. The predicted molar refractivity (Wildman–Crippen MR) is 83.7 cm³/mol. The Hall–Kier alpha value is -2.32. The van der Waals surface area contributed by atoms with E-state index in [0.717, 1.165) is 19.5 Å². The van der Waals surface area contributed by atoms with Crippen LogP contribution in [-0.4, -0.2) is 46.1 Å². The number of likely N-dealkylation sites (tertiary alicyclic amines) is 1. The third-order valence-corrected chi connectivity index (χ3v) is 4.08. The fourth-order valence-electron chi connectivity index (χ4n) is 2.79. The van der Waals surface area contributed by atoms with E-state index in [2.05, 4.69) is 20.4 Å². The summed E-state index contributed by atoms with van der Waals surface area (Å²) in [5.41, 5.74) is 0.751. The zero-order valence-corrected chi connectivity index (χ0v) is 12.9. The van der Waals surface area contributed by atoms with E-state index >= 15 is 0 Å². The van der Waals surface area contributed by atoms with Gasteiger partial charge in [-0.05, 0) is 38.6 Å². The van der Waals surface area contributed by atoms with Crippen LogP contribution in [0.5, 0.6) is 0 Å². The van der Waals surface area contributed by atoms with E-state index in [1.165, 1.54) is 18.6 Å². The molecule has 1 aliphatic rings. The quantitative estimate of drug-likeness (QED) is 0.663. The number of piperidine rings is 1. The lowest BCUT2D eigenvalue weighted by Crippen LogP contribution is -2.43. The first-order valence-electron chi connectivity index (χ1n) is 7.63. The van der Waals surface area contributed by atoms with Crippen molar-refractivity contribution in [1.29, 1.82) is 0 Å². The van der Waals surface area contributed by atoms with Crippen molar-refractivity contribution < 1.29 is 9.45 Å². The standard InChI is InChI=1S/C15H19N5O3/c1-16-12-3-2-8-19(9-12)10-14-17-15(18-23-14)11-4-6-13(7-5-11)20(21)22/h4-7,12,16H,2-3,8-10H2,1H3. The molecule has 1 atom stereocenters. The number of nitro groups is 1. The van der Waals surface area contributed by atoms with E-state index in [0.29, 0.717) is 29.9 Å². The van der Waals surface area contributed by atoms with Gasteiger partial charge >= 0.3 is 0 Å². The van der Waals surface area contributed by atoms with Crippen molar-refractivity contribution in [3.63, 3.8) is 0 Å². The number of hydrogen-bond acceptors (Lipinski definition) is 7. The van der Waals surface area contributed by atoms with Crippen molar-refractivity contribution in [2.45, 2.75) is 25.4 Å². The van der Waals surface area contributed by atoms with E-state index in [9.17, 15) is 10.1 Å². The Labute approximate surface area is 133 Å². The zero-order chi connectivity index (χ0) is 16.2. The van der Waals surface area contributed by atoms with Crippen molar-refractivity contribution in [3.8, 4) is 11.4 Å². The summed E-state index contributed by atoms with van der Waals surface area (Å²) in [5.74, 6) is 1.02.